The molecule has 23 heavy (non-hydrogen) atoms. The van der Waals surface area contributed by atoms with Gasteiger partial charge < -0.3 is 4.74 Å². The summed E-state index contributed by atoms with van der Waals surface area (Å²) in [4.78, 5) is 23.1. The van der Waals surface area contributed by atoms with E-state index in [2.05, 4.69) is 13.8 Å². The molecule has 2 saturated carbocycles. The van der Waals surface area contributed by atoms with Crippen LogP contribution in [0.4, 0.5) is 4.39 Å². The van der Waals surface area contributed by atoms with E-state index in [1.165, 1.54) is 0 Å². The van der Waals surface area contributed by atoms with Gasteiger partial charge in [-0.1, -0.05) is 13.8 Å². The first-order valence-electron chi connectivity index (χ1n) is 7.76. The summed E-state index contributed by atoms with van der Waals surface area (Å²) in [5, 5.41) is -4.04. The first kappa shape index (κ1) is 18.3. The smallest absolute Gasteiger partial charge is 0.386 e. The van der Waals surface area contributed by atoms with Crippen LogP contribution in [-0.2, 0) is 24.4 Å². The van der Waals surface area contributed by atoms with Gasteiger partial charge in [-0.25, -0.2) is 9.18 Å². The highest BCUT2D eigenvalue weighted by Gasteiger charge is 2.60. The molecule has 0 amide bonds. The number of Topliss-reactive ketones (excluding diaryl/α,β-unsaturated/α-hetero) is 1. The molecule has 2 aliphatic carbocycles. The highest BCUT2D eigenvalue weighted by atomic mass is 32.2. The molecule has 2 aliphatic rings. The van der Waals surface area contributed by atoms with Crippen LogP contribution in [-0.4, -0.2) is 36.3 Å². The second-order valence-electron chi connectivity index (χ2n) is 7.35. The molecule has 132 valence electrons. The van der Waals surface area contributed by atoms with Crippen LogP contribution in [0.5, 0.6) is 0 Å². The molecule has 6 nitrogen and oxygen atoms in total. The highest BCUT2D eigenvalue weighted by molar-refractivity contribution is 7.88. The monoisotopic (exact) mass is 350 g/mol. The Hall–Kier alpha value is -1.02. The fourth-order valence-corrected chi connectivity index (χ4v) is 4.66. The van der Waals surface area contributed by atoms with Crippen molar-refractivity contribution in [1.29, 1.82) is 0 Å². The van der Waals surface area contributed by atoms with Crippen LogP contribution in [0, 0.1) is 23.2 Å². The predicted molar refractivity (Wildman–Crippen MR) is 79.7 cm³/mol. The Bertz CT molecular complexity index is 617. The van der Waals surface area contributed by atoms with E-state index in [4.69, 9.17) is 9.29 Å². The Labute approximate surface area is 135 Å². The molecule has 0 radical (unpaired) electrons. The first-order chi connectivity index (χ1) is 10.4. The van der Waals surface area contributed by atoms with Gasteiger partial charge in [0.05, 0.1) is 6.61 Å². The molecular formula is C15H23FO6S. The lowest BCUT2D eigenvalue weighted by atomic mass is 9.90. The van der Waals surface area contributed by atoms with Crippen molar-refractivity contribution >= 4 is 21.9 Å². The molecule has 0 aromatic rings. The van der Waals surface area contributed by atoms with Crippen molar-refractivity contribution in [2.45, 2.75) is 51.5 Å². The third-order valence-corrected chi connectivity index (χ3v) is 6.33. The summed E-state index contributed by atoms with van der Waals surface area (Å²) in [5.74, 6) is -2.10. The van der Waals surface area contributed by atoms with Crippen LogP contribution in [0.2, 0.25) is 0 Å². The van der Waals surface area contributed by atoms with E-state index in [0.29, 0.717) is 24.7 Å². The van der Waals surface area contributed by atoms with Gasteiger partial charge in [-0.05, 0) is 50.4 Å². The number of carbonyl (C=O) groups is 2. The summed E-state index contributed by atoms with van der Waals surface area (Å²) < 4.78 is 50.2. The average Bonchev–Trinajstić information content (AvgIpc) is 3.05. The largest absolute Gasteiger partial charge is 0.461 e. The Kier molecular flexibility index (Phi) is 4.62. The summed E-state index contributed by atoms with van der Waals surface area (Å²) >= 11 is 0. The second-order valence-corrected chi connectivity index (χ2v) is 8.86. The number of ketones is 1. The summed E-state index contributed by atoms with van der Waals surface area (Å²) in [7, 11) is -5.54. The number of halogens is 1. The third kappa shape index (κ3) is 3.28. The zero-order chi connectivity index (χ0) is 17.6. The van der Waals surface area contributed by atoms with Gasteiger partial charge in [0.15, 0.2) is 5.78 Å². The van der Waals surface area contributed by atoms with E-state index in [1.807, 2.05) is 0 Å². The van der Waals surface area contributed by atoms with Crippen molar-refractivity contribution in [1.82, 2.24) is 0 Å². The molecule has 0 aliphatic heterocycles. The minimum Gasteiger partial charge on any atom is -0.461 e. The number of esters is 1. The number of hydrogen-bond donors (Lipinski definition) is 1. The maximum atomic E-state index is 14.3. The standard InChI is InChI=1S/C15H23FO6S/c1-9-4-10(2)6-14(7-12(14)5-9)8-22-13(18)15(16,11(3)17)23(19,20)21/h9-10,12H,4-8H2,1-3H3,(H,19,20,21). The fraction of sp³-hybridized carbons (Fsp3) is 0.867. The third-order valence-electron chi connectivity index (χ3n) is 5.17. The SMILES string of the molecule is CC(=O)C(F)(C(=O)OCC12CC(C)CC(C)CC1C2)S(=O)(=O)O. The van der Waals surface area contributed by atoms with Gasteiger partial charge in [-0.3, -0.25) is 9.35 Å². The minimum absolute atomic E-state index is 0.123. The number of ether oxygens (including phenoxy) is 1. The summed E-state index contributed by atoms with van der Waals surface area (Å²) in [6, 6.07) is 0. The number of fused-ring (bicyclic) bond motifs is 1. The average molecular weight is 350 g/mol. The van der Waals surface area contributed by atoms with Gasteiger partial charge >= 0.3 is 21.1 Å². The van der Waals surface area contributed by atoms with Crippen LogP contribution in [0.3, 0.4) is 0 Å². The van der Waals surface area contributed by atoms with Gasteiger partial charge in [0.25, 0.3) is 0 Å². The number of alkyl halides is 1. The lowest BCUT2D eigenvalue weighted by molar-refractivity contribution is -0.158. The lowest BCUT2D eigenvalue weighted by Crippen LogP contribution is -2.49. The maximum absolute atomic E-state index is 14.3. The van der Waals surface area contributed by atoms with E-state index in [9.17, 15) is 22.4 Å². The van der Waals surface area contributed by atoms with Crippen molar-refractivity contribution in [2.75, 3.05) is 6.61 Å². The molecule has 0 aromatic heterocycles. The first-order valence-corrected chi connectivity index (χ1v) is 9.20. The zero-order valence-electron chi connectivity index (χ0n) is 13.5. The second kappa shape index (κ2) is 5.81. The van der Waals surface area contributed by atoms with Crippen molar-refractivity contribution in [2.24, 2.45) is 23.2 Å². The van der Waals surface area contributed by atoms with Crippen LogP contribution >= 0.6 is 0 Å². The van der Waals surface area contributed by atoms with Crippen molar-refractivity contribution in [3.05, 3.63) is 0 Å². The van der Waals surface area contributed by atoms with Gasteiger partial charge in [-0.2, -0.15) is 8.42 Å². The Balaban J connectivity index is 2.09. The lowest BCUT2D eigenvalue weighted by Gasteiger charge is -2.22. The molecule has 8 heteroatoms. The van der Waals surface area contributed by atoms with Crippen LogP contribution in [0.1, 0.15) is 46.5 Å². The summed E-state index contributed by atoms with van der Waals surface area (Å²) in [6.07, 6.45) is 3.73. The zero-order valence-corrected chi connectivity index (χ0v) is 14.4. The van der Waals surface area contributed by atoms with Gasteiger partial charge in [0, 0.05) is 5.41 Å². The van der Waals surface area contributed by atoms with E-state index >= 15 is 0 Å². The van der Waals surface area contributed by atoms with E-state index in [-0.39, 0.29) is 12.0 Å². The molecule has 5 atom stereocenters. The number of rotatable bonds is 5. The molecular weight excluding hydrogens is 327 g/mol. The highest BCUT2D eigenvalue weighted by Crippen LogP contribution is 2.62. The van der Waals surface area contributed by atoms with E-state index in [0.717, 1.165) is 25.7 Å². The molecule has 2 rings (SSSR count). The van der Waals surface area contributed by atoms with Crippen molar-refractivity contribution in [3.8, 4) is 0 Å². The molecule has 5 unspecified atom stereocenters. The Morgan fingerprint density at radius 3 is 2.39 bits per heavy atom. The van der Waals surface area contributed by atoms with Crippen LogP contribution in [0.25, 0.3) is 0 Å². The quantitative estimate of drug-likeness (QED) is 0.463. The number of hydrogen-bond acceptors (Lipinski definition) is 5. The number of carbonyl (C=O) groups excluding carboxylic acids is 2. The van der Waals surface area contributed by atoms with E-state index < -0.39 is 26.9 Å². The normalized spacial score (nSPS) is 36.3. The van der Waals surface area contributed by atoms with Gasteiger partial charge in [-0.15, -0.1) is 0 Å². The topological polar surface area (TPSA) is 97.7 Å². The Morgan fingerprint density at radius 2 is 1.87 bits per heavy atom. The molecule has 1 N–H and O–H groups in total. The molecule has 0 bridgehead atoms. The maximum Gasteiger partial charge on any atom is 0.386 e. The molecule has 0 aromatic carbocycles. The molecule has 0 saturated heterocycles. The molecule has 0 spiro atoms. The van der Waals surface area contributed by atoms with Crippen molar-refractivity contribution in [3.63, 3.8) is 0 Å². The predicted octanol–water partition coefficient (Wildman–Crippen LogP) is 2.13. The fourth-order valence-electron chi connectivity index (χ4n) is 4.03. The van der Waals surface area contributed by atoms with Gasteiger partial charge in [0.2, 0.25) is 0 Å². The van der Waals surface area contributed by atoms with Crippen molar-refractivity contribution < 1.29 is 31.7 Å². The van der Waals surface area contributed by atoms with Gasteiger partial charge in [0.1, 0.15) is 0 Å². The van der Waals surface area contributed by atoms with Crippen LogP contribution in [0.15, 0.2) is 0 Å². The van der Waals surface area contributed by atoms with E-state index in [1.54, 1.807) is 0 Å². The van der Waals surface area contributed by atoms with Crippen LogP contribution < -0.4 is 0 Å². The molecule has 0 heterocycles. The summed E-state index contributed by atoms with van der Waals surface area (Å²) in [5.41, 5.74) is -0.253. The molecule has 2 fully saturated rings. The minimum atomic E-state index is -5.54. The Morgan fingerprint density at radius 1 is 1.26 bits per heavy atom. The summed E-state index contributed by atoms with van der Waals surface area (Å²) in [6.45, 7) is 4.73.